The van der Waals surface area contributed by atoms with Crippen LogP contribution in [0, 0.1) is 11.8 Å². The van der Waals surface area contributed by atoms with Gasteiger partial charge in [-0.2, -0.15) is 13.2 Å². The molecule has 142 valence electrons. The number of carbonyl (C=O) groups excluding carboxylic acids is 1. The van der Waals surface area contributed by atoms with Gasteiger partial charge in [0.2, 0.25) is 0 Å². The lowest BCUT2D eigenvalue weighted by Gasteiger charge is -2.19. The summed E-state index contributed by atoms with van der Waals surface area (Å²) in [5, 5.41) is 11.6. The normalized spacial score (nSPS) is 24.1. The number of anilines is 1. The molecule has 2 N–H and O–H groups in total. The topological polar surface area (TPSA) is 78.9 Å². The fourth-order valence-corrected chi connectivity index (χ4v) is 3.44. The number of ether oxygens (including phenoxy) is 1. The van der Waals surface area contributed by atoms with Gasteiger partial charge in [-0.25, -0.2) is 4.79 Å². The van der Waals surface area contributed by atoms with E-state index in [1.165, 1.54) is 0 Å². The molecule has 2 heterocycles. The zero-order chi connectivity index (χ0) is 19.3. The monoisotopic (exact) mass is 372 g/mol. The molecule has 0 spiro atoms. The summed E-state index contributed by atoms with van der Waals surface area (Å²) in [6, 6.07) is 4.27. The fraction of sp³-hybridized carbons (Fsp3) is 0.529. The quantitative estimate of drug-likeness (QED) is 0.836. The molecule has 1 fully saturated rings. The molecule has 6 nitrogen and oxygen atoms in total. The van der Waals surface area contributed by atoms with E-state index in [4.69, 9.17) is 9.84 Å². The van der Waals surface area contributed by atoms with Gasteiger partial charge in [0.1, 0.15) is 11.4 Å². The Morgan fingerprint density at radius 1 is 1.31 bits per heavy atom. The van der Waals surface area contributed by atoms with E-state index in [1.54, 1.807) is 18.2 Å². The Bertz CT molecular complexity index is 748. The number of carboxylic acid groups (broad SMARTS) is 1. The molecule has 2 aliphatic heterocycles. The van der Waals surface area contributed by atoms with Gasteiger partial charge in [0.15, 0.2) is 0 Å². The summed E-state index contributed by atoms with van der Waals surface area (Å²) < 4.78 is 44.8. The number of hydrogen-bond acceptors (Lipinski definition) is 3. The largest absolute Gasteiger partial charge is 0.487 e. The lowest BCUT2D eigenvalue weighted by Crippen LogP contribution is -2.35. The van der Waals surface area contributed by atoms with Crippen molar-refractivity contribution < 1.29 is 32.6 Å². The van der Waals surface area contributed by atoms with Crippen LogP contribution < -0.4 is 10.1 Å². The van der Waals surface area contributed by atoms with Crippen molar-refractivity contribution in [1.82, 2.24) is 4.90 Å². The van der Waals surface area contributed by atoms with Gasteiger partial charge in [0.25, 0.3) is 0 Å². The number of carbonyl (C=O) groups is 2. The summed E-state index contributed by atoms with van der Waals surface area (Å²) in [4.78, 5) is 24.3. The van der Waals surface area contributed by atoms with Gasteiger partial charge in [-0.05, 0) is 32.0 Å². The number of benzene rings is 1. The maximum absolute atomic E-state index is 13.0. The number of aliphatic carboxylic acids is 1. The van der Waals surface area contributed by atoms with Crippen LogP contribution in [0.15, 0.2) is 18.2 Å². The summed E-state index contributed by atoms with van der Waals surface area (Å²) in [6.07, 6.45) is -4.03. The van der Waals surface area contributed by atoms with E-state index < -0.39 is 43.1 Å². The summed E-state index contributed by atoms with van der Waals surface area (Å²) in [5.41, 5.74) is 0.970. The number of urea groups is 1. The highest BCUT2D eigenvalue weighted by molar-refractivity contribution is 5.90. The van der Waals surface area contributed by atoms with Gasteiger partial charge in [-0.3, -0.25) is 4.79 Å². The van der Waals surface area contributed by atoms with Crippen LogP contribution in [-0.2, 0) is 11.2 Å². The first-order valence-electron chi connectivity index (χ1n) is 8.14. The second kappa shape index (κ2) is 6.07. The van der Waals surface area contributed by atoms with Crippen molar-refractivity contribution in [2.45, 2.75) is 32.0 Å². The number of nitrogens with zero attached hydrogens (tertiary/aromatic N) is 1. The molecule has 0 aliphatic carbocycles. The molecule has 3 rings (SSSR count). The lowest BCUT2D eigenvalue weighted by molar-refractivity contribution is -0.187. The fourth-order valence-electron chi connectivity index (χ4n) is 3.44. The summed E-state index contributed by atoms with van der Waals surface area (Å²) in [7, 11) is 0. The first-order chi connectivity index (χ1) is 12.0. The van der Waals surface area contributed by atoms with Crippen LogP contribution in [0.3, 0.4) is 0 Å². The molecule has 9 heteroatoms. The SMILES string of the molecule is CC1(C)Cc2cc(NC(=O)N3C[C@@H](C(F)(F)F)[C@H](C(=O)O)C3)ccc2O1. The predicted octanol–water partition coefficient (Wildman–Crippen LogP) is 3.13. The molecule has 0 aromatic heterocycles. The summed E-state index contributed by atoms with van der Waals surface area (Å²) >= 11 is 0. The van der Waals surface area contributed by atoms with Crippen LogP contribution in [-0.4, -0.2) is 46.9 Å². The molecule has 2 atom stereocenters. The number of nitrogens with one attached hydrogen (secondary N) is 1. The molecule has 2 amide bonds. The number of likely N-dealkylation sites (tertiary alicyclic amines) is 1. The molecule has 1 aromatic rings. The average Bonchev–Trinajstić information content (AvgIpc) is 3.06. The minimum absolute atomic E-state index is 0.353. The van der Waals surface area contributed by atoms with Crippen LogP contribution in [0.5, 0.6) is 5.75 Å². The van der Waals surface area contributed by atoms with Gasteiger partial charge >= 0.3 is 18.2 Å². The smallest absolute Gasteiger partial charge is 0.394 e. The van der Waals surface area contributed by atoms with Gasteiger partial charge in [-0.15, -0.1) is 0 Å². The third-order valence-corrected chi connectivity index (χ3v) is 4.66. The minimum Gasteiger partial charge on any atom is -0.487 e. The number of hydrogen-bond donors (Lipinski definition) is 2. The number of rotatable bonds is 2. The Kier molecular flexibility index (Phi) is 4.28. The third kappa shape index (κ3) is 3.56. The zero-order valence-corrected chi connectivity index (χ0v) is 14.3. The Morgan fingerprint density at radius 3 is 2.58 bits per heavy atom. The first kappa shape index (κ1) is 18.3. The van der Waals surface area contributed by atoms with E-state index in [1.807, 2.05) is 13.8 Å². The lowest BCUT2D eigenvalue weighted by atomic mass is 9.96. The second-order valence-electron chi connectivity index (χ2n) is 7.29. The van der Waals surface area contributed by atoms with E-state index >= 15 is 0 Å². The van der Waals surface area contributed by atoms with Crippen LogP contribution in [0.2, 0.25) is 0 Å². The highest BCUT2D eigenvalue weighted by Gasteiger charge is 2.53. The van der Waals surface area contributed by atoms with E-state index in [2.05, 4.69) is 5.32 Å². The van der Waals surface area contributed by atoms with E-state index in [0.29, 0.717) is 17.9 Å². The molecule has 1 saturated heterocycles. The molecule has 2 aliphatic rings. The van der Waals surface area contributed by atoms with Crippen LogP contribution >= 0.6 is 0 Å². The van der Waals surface area contributed by atoms with E-state index in [9.17, 15) is 22.8 Å². The molecule has 0 radical (unpaired) electrons. The maximum Gasteiger partial charge on any atom is 0.394 e. The Morgan fingerprint density at radius 2 is 2.00 bits per heavy atom. The number of halogens is 3. The number of fused-ring (bicyclic) bond motifs is 1. The average molecular weight is 372 g/mol. The van der Waals surface area contributed by atoms with Crippen LogP contribution in [0.1, 0.15) is 19.4 Å². The van der Waals surface area contributed by atoms with Crippen LogP contribution in [0.4, 0.5) is 23.7 Å². The van der Waals surface area contributed by atoms with Crippen molar-refractivity contribution in [1.29, 1.82) is 0 Å². The molecule has 0 saturated carbocycles. The van der Waals surface area contributed by atoms with Gasteiger partial charge < -0.3 is 20.1 Å². The third-order valence-electron chi connectivity index (χ3n) is 4.66. The number of alkyl halides is 3. The van der Waals surface area contributed by atoms with Crippen molar-refractivity contribution in [2.75, 3.05) is 18.4 Å². The maximum atomic E-state index is 13.0. The van der Waals surface area contributed by atoms with Crippen molar-refractivity contribution in [3.8, 4) is 5.75 Å². The van der Waals surface area contributed by atoms with Crippen LogP contribution in [0.25, 0.3) is 0 Å². The standard InChI is InChI=1S/C17H19F3N2O4/c1-16(2)6-9-5-10(3-4-13(9)26-16)21-15(25)22-7-11(14(23)24)12(8-22)17(18,19)20/h3-5,11-12H,6-8H2,1-2H3,(H,21,25)(H,23,24)/t11-,12-/m1/s1. The summed E-state index contributed by atoms with van der Waals surface area (Å²) in [6.45, 7) is 2.71. The molecular weight excluding hydrogens is 353 g/mol. The molecule has 1 aromatic carbocycles. The predicted molar refractivity (Wildman–Crippen MR) is 86.1 cm³/mol. The van der Waals surface area contributed by atoms with E-state index in [0.717, 1.165) is 10.5 Å². The molecule has 0 bridgehead atoms. The first-order valence-corrected chi connectivity index (χ1v) is 8.14. The van der Waals surface area contributed by atoms with Crippen molar-refractivity contribution in [2.24, 2.45) is 11.8 Å². The molecular formula is C17H19F3N2O4. The summed E-state index contributed by atoms with van der Waals surface area (Å²) in [5.74, 6) is -4.58. The van der Waals surface area contributed by atoms with Crippen molar-refractivity contribution in [3.05, 3.63) is 23.8 Å². The molecule has 0 unspecified atom stereocenters. The van der Waals surface area contributed by atoms with Crippen molar-refractivity contribution in [3.63, 3.8) is 0 Å². The zero-order valence-electron chi connectivity index (χ0n) is 14.3. The van der Waals surface area contributed by atoms with Gasteiger partial charge in [0, 0.05) is 30.8 Å². The van der Waals surface area contributed by atoms with Gasteiger partial charge in [0.05, 0.1) is 11.8 Å². The van der Waals surface area contributed by atoms with E-state index in [-0.39, 0.29) is 5.60 Å². The Hall–Kier alpha value is -2.45. The highest BCUT2D eigenvalue weighted by Crippen LogP contribution is 2.39. The second-order valence-corrected chi connectivity index (χ2v) is 7.29. The number of carboxylic acids is 1. The Balaban J connectivity index is 1.71. The van der Waals surface area contributed by atoms with Crippen molar-refractivity contribution >= 4 is 17.7 Å². The number of amides is 2. The Labute approximate surface area is 147 Å². The molecule has 26 heavy (non-hydrogen) atoms. The highest BCUT2D eigenvalue weighted by atomic mass is 19.4. The van der Waals surface area contributed by atoms with Gasteiger partial charge in [-0.1, -0.05) is 0 Å². The minimum atomic E-state index is -4.67.